The van der Waals surface area contributed by atoms with Crippen LogP contribution in [0.5, 0.6) is 5.75 Å². The van der Waals surface area contributed by atoms with Crippen LogP contribution in [0.2, 0.25) is 0 Å². The normalized spacial score (nSPS) is 24.8. The van der Waals surface area contributed by atoms with Crippen LogP contribution in [-0.4, -0.2) is 24.9 Å². The zero-order chi connectivity index (χ0) is 11.7. The lowest BCUT2D eigenvalue weighted by Gasteiger charge is -2.20. The number of hydrogen-bond donors (Lipinski definition) is 2. The van der Waals surface area contributed by atoms with E-state index in [1.54, 1.807) is 7.11 Å². The molecule has 0 amide bonds. The van der Waals surface area contributed by atoms with Crippen molar-refractivity contribution in [2.75, 3.05) is 13.7 Å². The molecule has 0 saturated carbocycles. The molecule has 1 fully saturated rings. The molecule has 1 aromatic rings. The molecule has 1 heterocycles. The van der Waals surface area contributed by atoms with Gasteiger partial charge in [-0.05, 0) is 44.0 Å². The summed E-state index contributed by atoms with van der Waals surface area (Å²) >= 11 is 0. The number of nitrogens with one attached hydrogen (secondary N) is 1. The Morgan fingerprint density at radius 2 is 2.00 bits per heavy atom. The number of aliphatic hydroxyl groups excluding tert-OH is 1. The minimum absolute atomic E-state index is 0.00856. The lowest BCUT2D eigenvalue weighted by molar-refractivity contribution is 0.158. The Balaban J connectivity index is 2.42. The van der Waals surface area contributed by atoms with Gasteiger partial charge in [0, 0.05) is 5.56 Å². The Hall–Kier alpha value is -1.06. The standard InChI is InChI=1S/C13H19NO2/c1-8-6-10(12(16-3)7-9(8)2)13-11(15)4-5-14-13/h6-7,11,13-15H,4-5H2,1-3H3. The van der Waals surface area contributed by atoms with Crippen LogP contribution >= 0.6 is 0 Å². The largest absolute Gasteiger partial charge is 0.496 e. The van der Waals surface area contributed by atoms with Crippen LogP contribution in [0.4, 0.5) is 0 Å². The molecule has 1 aliphatic rings. The van der Waals surface area contributed by atoms with E-state index in [4.69, 9.17) is 4.74 Å². The molecule has 3 nitrogen and oxygen atoms in total. The van der Waals surface area contributed by atoms with Gasteiger partial charge in [0.2, 0.25) is 0 Å². The molecule has 0 spiro atoms. The Labute approximate surface area is 96.4 Å². The minimum atomic E-state index is -0.309. The molecule has 2 rings (SSSR count). The van der Waals surface area contributed by atoms with Gasteiger partial charge in [-0.2, -0.15) is 0 Å². The maximum atomic E-state index is 9.90. The van der Waals surface area contributed by atoms with Crippen molar-refractivity contribution >= 4 is 0 Å². The SMILES string of the molecule is COc1cc(C)c(C)cc1C1NCCC1O. The molecule has 0 radical (unpaired) electrons. The van der Waals surface area contributed by atoms with E-state index in [9.17, 15) is 5.11 Å². The lowest BCUT2D eigenvalue weighted by Crippen LogP contribution is -2.21. The van der Waals surface area contributed by atoms with Crippen LogP contribution in [0.25, 0.3) is 0 Å². The number of aliphatic hydroxyl groups is 1. The summed E-state index contributed by atoms with van der Waals surface area (Å²) in [6.07, 6.45) is 0.497. The van der Waals surface area contributed by atoms with Gasteiger partial charge in [-0.25, -0.2) is 0 Å². The average molecular weight is 221 g/mol. The predicted molar refractivity (Wildman–Crippen MR) is 63.8 cm³/mol. The third kappa shape index (κ3) is 1.93. The highest BCUT2D eigenvalue weighted by atomic mass is 16.5. The second kappa shape index (κ2) is 4.44. The third-order valence-electron chi connectivity index (χ3n) is 3.37. The van der Waals surface area contributed by atoms with Crippen molar-refractivity contribution < 1.29 is 9.84 Å². The monoisotopic (exact) mass is 221 g/mol. The molecule has 2 atom stereocenters. The lowest BCUT2D eigenvalue weighted by atomic mass is 9.97. The van der Waals surface area contributed by atoms with E-state index in [0.29, 0.717) is 0 Å². The van der Waals surface area contributed by atoms with Gasteiger partial charge in [0.05, 0.1) is 19.3 Å². The summed E-state index contributed by atoms with van der Waals surface area (Å²) in [6, 6.07) is 4.16. The van der Waals surface area contributed by atoms with Gasteiger partial charge in [-0.3, -0.25) is 0 Å². The topological polar surface area (TPSA) is 41.5 Å². The molecule has 0 bridgehead atoms. The van der Waals surface area contributed by atoms with E-state index < -0.39 is 0 Å². The summed E-state index contributed by atoms with van der Waals surface area (Å²) in [5, 5.41) is 13.2. The highest BCUT2D eigenvalue weighted by Crippen LogP contribution is 2.33. The first-order valence-corrected chi connectivity index (χ1v) is 5.70. The summed E-state index contributed by atoms with van der Waals surface area (Å²) < 4.78 is 5.39. The van der Waals surface area contributed by atoms with Crippen LogP contribution in [0, 0.1) is 13.8 Å². The molecule has 1 saturated heterocycles. The second-order valence-electron chi connectivity index (χ2n) is 4.47. The molecule has 88 valence electrons. The fourth-order valence-electron chi connectivity index (χ4n) is 2.24. The van der Waals surface area contributed by atoms with Gasteiger partial charge < -0.3 is 15.2 Å². The van der Waals surface area contributed by atoms with Crippen LogP contribution in [0.1, 0.15) is 29.2 Å². The van der Waals surface area contributed by atoms with Gasteiger partial charge in [0.15, 0.2) is 0 Å². The molecular weight excluding hydrogens is 202 g/mol. The van der Waals surface area contributed by atoms with Crippen molar-refractivity contribution in [2.24, 2.45) is 0 Å². The predicted octanol–water partition coefficient (Wildman–Crippen LogP) is 1.71. The number of rotatable bonds is 2. The second-order valence-corrected chi connectivity index (χ2v) is 4.47. The smallest absolute Gasteiger partial charge is 0.124 e. The van der Waals surface area contributed by atoms with Crippen molar-refractivity contribution in [1.29, 1.82) is 0 Å². The fraction of sp³-hybridized carbons (Fsp3) is 0.538. The van der Waals surface area contributed by atoms with Gasteiger partial charge in [0.1, 0.15) is 5.75 Å². The van der Waals surface area contributed by atoms with Crippen molar-refractivity contribution in [3.63, 3.8) is 0 Å². The molecule has 2 N–H and O–H groups in total. The summed E-state index contributed by atoms with van der Waals surface area (Å²) in [7, 11) is 1.68. The highest BCUT2D eigenvalue weighted by molar-refractivity contribution is 5.44. The first-order valence-electron chi connectivity index (χ1n) is 5.70. The number of aryl methyl sites for hydroxylation is 2. The van der Waals surface area contributed by atoms with E-state index in [1.165, 1.54) is 11.1 Å². The highest BCUT2D eigenvalue weighted by Gasteiger charge is 2.28. The fourth-order valence-corrected chi connectivity index (χ4v) is 2.24. The van der Waals surface area contributed by atoms with Gasteiger partial charge >= 0.3 is 0 Å². The number of methoxy groups -OCH3 is 1. The zero-order valence-corrected chi connectivity index (χ0v) is 10.1. The van der Waals surface area contributed by atoms with Crippen molar-refractivity contribution in [2.45, 2.75) is 32.4 Å². The number of hydrogen-bond acceptors (Lipinski definition) is 3. The molecule has 0 aromatic heterocycles. The Morgan fingerprint density at radius 1 is 1.31 bits per heavy atom. The average Bonchev–Trinajstić information content (AvgIpc) is 2.68. The molecule has 3 heteroatoms. The van der Waals surface area contributed by atoms with Gasteiger partial charge in [-0.1, -0.05) is 6.07 Å². The van der Waals surface area contributed by atoms with Crippen LogP contribution in [-0.2, 0) is 0 Å². The zero-order valence-electron chi connectivity index (χ0n) is 10.1. The molecule has 2 unspecified atom stereocenters. The summed E-state index contributed by atoms with van der Waals surface area (Å²) in [5.74, 6) is 0.863. The Bertz CT molecular complexity index is 390. The quantitative estimate of drug-likeness (QED) is 0.798. The molecule has 0 aliphatic carbocycles. The molecule has 16 heavy (non-hydrogen) atoms. The van der Waals surface area contributed by atoms with Crippen LogP contribution in [0.15, 0.2) is 12.1 Å². The first kappa shape index (κ1) is 11.4. The maximum Gasteiger partial charge on any atom is 0.124 e. The van der Waals surface area contributed by atoms with Crippen molar-refractivity contribution in [3.05, 3.63) is 28.8 Å². The van der Waals surface area contributed by atoms with Crippen molar-refractivity contribution in [3.8, 4) is 5.75 Å². The number of ether oxygens (including phenoxy) is 1. The van der Waals surface area contributed by atoms with E-state index in [-0.39, 0.29) is 12.1 Å². The summed E-state index contributed by atoms with van der Waals surface area (Å²) in [4.78, 5) is 0. The Morgan fingerprint density at radius 3 is 2.56 bits per heavy atom. The van der Waals surface area contributed by atoms with E-state index in [2.05, 4.69) is 25.2 Å². The van der Waals surface area contributed by atoms with E-state index in [1.807, 2.05) is 6.07 Å². The molecule has 1 aliphatic heterocycles. The summed E-state index contributed by atoms with van der Waals surface area (Å²) in [6.45, 7) is 5.02. The summed E-state index contributed by atoms with van der Waals surface area (Å²) in [5.41, 5.74) is 3.51. The molecule has 1 aromatic carbocycles. The van der Waals surface area contributed by atoms with E-state index >= 15 is 0 Å². The minimum Gasteiger partial charge on any atom is -0.496 e. The van der Waals surface area contributed by atoms with Gasteiger partial charge in [0.25, 0.3) is 0 Å². The van der Waals surface area contributed by atoms with Crippen molar-refractivity contribution in [1.82, 2.24) is 5.32 Å². The Kier molecular flexibility index (Phi) is 3.17. The molecular formula is C13H19NO2. The third-order valence-corrected chi connectivity index (χ3v) is 3.37. The van der Waals surface area contributed by atoms with Gasteiger partial charge in [-0.15, -0.1) is 0 Å². The first-order chi connectivity index (χ1) is 7.63. The number of benzene rings is 1. The maximum absolute atomic E-state index is 9.90. The van der Waals surface area contributed by atoms with E-state index in [0.717, 1.165) is 24.3 Å². The van der Waals surface area contributed by atoms with Crippen LogP contribution in [0.3, 0.4) is 0 Å². The van der Waals surface area contributed by atoms with Crippen LogP contribution < -0.4 is 10.1 Å².